The number of nitrogens with one attached hydrogen (secondary N) is 1. The van der Waals surface area contributed by atoms with Gasteiger partial charge in [0.1, 0.15) is 0 Å². The van der Waals surface area contributed by atoms with Crippen molar-refractivity contribution in [1.29, 1.82) is 0 Å². The van der Waals surface area contributed by atoms with Crippen LogP contribution in [0.15, 0.2) is 24.3 Å². The second-order valence-electron chi connectivity index (χ2n) is 4.48. The van der Waals surface area contributed by atoms with Crippen molar-refractivity contribution in [2.75, 3.05) is 19.7 Å². The third-order valence-electron chi connectivity index (χ3n) is 2.68. The molecular weight excluding hydrogens is 291 g/mol. The summed E-state index contributed by atoms with van der Waals surface area (Å²) < 4.78 is 41.9. The van der Waals surface area contributed by atoms with Crippen molar-refractivity contribution in [3.63, 3.8) is 0 Å². The minimum Gasteiger partial charge on any atom is -0.372 e. The number of halogens is 4. The first kappa shape index (κ1) is 17.3. The molecule has 1 aromatic rings. The molecule has 0 heterocycles. The maximum Gasteiger partial charge on any atom is 0.391 e. The molecule has 0 aromatic heterocycles. The Labute approximate surface area is 122 Å². The summed E-state index contributed by atoms with van der Waals surface area (Å²) in [7, 11) is 0. The summed E-state index contributed by atoms with van der Waals surface area (Å²) in [5.41, 5.74) is 0.781. The molecule has 0 aliphatic rings. The van der Waals surface area contributed by atoms with E-state index in [4.69, 9.17) is 16.3 Å². The van der Waals surface area contributed by atoms with Gasteiger partial charge in [0.15, 0.2) is 0 Å². The second kappa shape index (κ2) is 8.49. The van der Waals surface area contributed by atoms with Gasteiger partial charge >= 0.3 is 6.18 Å². The number of hydrogen-bond donors (Lipinski definition) is 1. The molecule has 0 radical (unpaired) electrons. The van der Waals surface area contributed by atoms with E-state index < -0.39 is 18.7 Å². The van der Waals surface area contributed by atoms with Crippen molar-refractivity contribution in [1.82, 2.24) is 5.32 Å². The van der Waals surface area contributed by atoms with Crippen molar-refractivity contribution < 1.29 is 17.9 Å². The summed E-state index contributed by atoms with van der Waals surface area (Å²) in [6, 6.07) is 7.00. The van der Waals surface area contributed by atoms with Crippen molar-refractivity contribution in [3.05, 3.63) is 34.9 Å². The molecule has 1 aromatic carbocycles. The van der Waals surface area contributed by atoms with Gasteiger partial charge in [0.25, 0.3) is 0 Å². The maximum absolute atomic E-state index is 12.2. The molecule has 114 valence electrons. The molecule has 20 heavy (non-hydrogen) atoms. The Bertz CT molecular complexity index is 398. The van der Waals surface area contributed by atoms with Gasteiger partial charge in [-0.2, -0.15) is 13.2 Å². The van der Waals surface area contributed by atoms with Crippen LogP contribution in [0, 0.1) is 0 Å². The monoisotopic (exact) mass is 309 g/mol. The maximum atomic E-state index is 12.2. The van der Waals surface area contributed by atoms with Crippen LogP contribution in [0.3, 0.4) is 0 Å². The van der Waals surface area contributed by atoms with Gasteiger partial charge in [-0.25, -0.2) is 0 Å². The Morgan fingerprint density at radius 2 is 2.10 bits per heavy atom. The summed E-state index contributed by atoms with van der Waals surface area (Å²) in [5.74, 6) is 0. The lowest BCUT2D eigenvalue weighted by atomic mass is 10.1. The van der Waals surface area contributed by atoms with E-state index in [0.717, 1.165) is 18.5 Å². The van der Waals surface area contributed by atoms with Gasteiger partial charge in [0, 0.05) is 11.6 Å². The van der Waals surface area contributed by atoms with Crippen molar-refractivity contribution in [3.8, 4) is 0 Å². The van der Waals surface area contributed by atoms with Crippen LogP contribution in [0.5, 0.6) is 0 Å². The molecule has 0 fully saturated rings. The topological polar surface area (TPSA) is 21.3 Å². The average Bonchev–Trinajstić information content (AvgIpc) is 2.36. The Morgan fingerprint density at radius 1 is 1.35 bits per heavy atom. The molecule has 0 aliphatic heterocycles. The highest BCUT2D eigenvalue weighted by molar-refractivity contribution is 6.30. The minimum atomic E-state index is -4.20. The number of rotatable bonds is 8. The van der Waals surface area contributed by atoms with E-state index in [-0.39, 0.29) is 6.61 Å². The predicted octanol–water partition coefficient (Wildman–Crippen LogP) is 4.35. The van der Waals surface area contributed by atoms with E-state index in [0.29, 0.717) is 11.6 Å². The molecule has 1 rings (SSSR count). The molecule has 2 nitrogen and oxygen atoms in total. The lowest BCUT2D eigenvalue weighted by Crippen LogP contribution is -2.25. The van der Waals surface area contributed by atoms with Gasteiger partial charge in [-0.1, -0.05) is 30.7 Å². The van der Waals surface area contributed by atoms with Crippen LogP contribution in [0.2, 0.25) is 5.02 Å². The van der Waals surface area contributed by atoms with Crippen LogP contribution in [-0.2, 0) is 4.74 Å². The largest absolute Gasteiger partial charge is 0.391 e. The van der Waals surface area contributed by atoms with Crippen LogP contribution >= 0.6 is 11.6 Å². The highest BCUT2D eigenvalue weighted by atomic mass is 35.5. The fourth-order valence-corrected chi connectivity index (χ4v) is 1.91. The minimum absolute atomic E-state index is 0.353. The van der Waals surface area contributed by atoms with E-state index in [9.17, 15) is 13.2 Å². The van der Waals surface area contributed by atoms with Gasteiger partial charge in [-0.3, -0.25) is 0 Å². The Kier molecular flexibility index (Phi) is 7.34. The van der Waals surface area contributed by atoms with Crippen LogP contribution < -0.4 is 5.32 Å². The number of ether oxygens (including phenoxy) is 1. The van der Waals surface area contributed by atoms with Crippen LogP contribution in [-0.4, -0.2) is 25.9 Å². The number of benzene rings is 1. The number of alkyl halides is 3. The molecule has 1 N–H and O–H groups in total. The zero-order valence-corrected chi connectivity index (χ0v) is 12.1. The first-order chi connectivity index (χ1) is 9.42. The lowest BCUT2D eigenvalue weighted by Gasteiger charge is -2.19. The van der Waals surface area contributed by atoms with Crippen LogP contribution in [0.25, 0.3) is 0 Å². The quantitative estimate of drug-likeness (QED) is 0.721. The lowest BCUT2D eigenvalue weighted by molar-refractivity contribution is -0.149. The Balaban J connectivity index is 2.60. The van der Waals surface area contributed by atoms with Crippen molar-refractivity contribution in [2.24, 2.45) is 0 Å². The highest BCUT2D eigenvalue weighted by Gasteiger charge is 2.27. The van der Waals surface area contributed by atoms with Crippen LogP contribution in [0.1, 0.15) is 31.4 Å². The molecule has 0 amide bonds. The summed E-state index contributed by atoms with van der Waals surface area (Å²) in [6.07, 6.45) is -4.62. The van der Waals surface area contributed by atoms with Gasteiger partial charge in [-0.05, 0) is 30.7 Å². The zero-order chi connectivity index (χ0) is 15.0. The van der Waals surface area contributed by atoms with E-state index in [2.05, 4.69) is 5.32 Å². The van der Waals surface area contributed by atoms with E-state index in [1.54, 1.807) is 24.3 Å². The summed E-state index contributed by atoms with van der Waals surface area (Å²) >= 11 is 5.90. The first-order valence-electron chi connectivity index (χ1n) is 6.57. The van der Waals surface area contributed by atoms with Gasteiger partial charge in [-0.15, -0.1) is 0 Å². The molecule has 1 atom stereocenters. The smallest absolute Gasteiger partial charge is 0.372 e. The second-order valence-corrected chi connectivity index (χ2v) is 4.92. The molecular formula is C14H19ClF3NO. The molecule has 0 saturated carbocycles. The van der Waals surface area contributed by atoms with Gasteiger partial charge in [0.2, 0.25) is 0 Å². The summed E-state index contributed by atoms with van der Waals surface area (Å²) in [4.78, 5) is 0. The predicted molar refractivity (Wildman–Crippen MR) is 74.0 cm³/mol. The standard InChI is InChI=1S/C14H19ClF3NO/c1-2-7-19-10-13(20-8-6-14(16,17)18)11-4-3-5-12(15)9-11/h3-5,9,13,19H,2,6-8,10H2,1H3. The highest BCUT2D eigenvalue weighted by Crippen LogP contribution is 2.24. The molecule has 0 bridgehead atoms. The van der Waals surface area contributed by atoms with Gasteiger partial charge in [0.05, 0.1) is 19.1 Å². The molecule has 0 spiro atoms. The summed E-state index contributed by atoms with van der Waals surface area (Å²) in [5, 5.41) is 3.70. The van der Waals surface area contributed by atoms with E-state index >= 15 is 0 Å². The summed E-state index contributed by atoms with van der Waals surface area (Å²) in [6.45, 7) is 2.92. The third kappa shape index (κ3) is 7.12. The fraction of sp³-hybridized carbons (Fsp3) is 0.571. The zero-order valence-electron chi connectivity index (χ0n) is 11.3. The normalized spacial score (nSPS) is 13.4. The van der Waals surface area contributed by atoms with Gasteiger partial charge < -0.3 is 10.1 Å². The molecule has 0 saturated heterocycles. The average molecular weight is 310 g/mol. The Hall–Kier alpha value is -0.780. The Morgan fingerprint density at radius 3 is 2.70 bits per heavy atom. The third-order valence-corrected chi connectivity index (χ3v) is 2.92. The fourth-order valence-electron chi connectivity index (χ4n) is 1.71. The SMILES string of the molecule is CCCNCC(OCCC(F)(F)F)c1cccc(Cl)c1. The molecule has 6 heteroatoms. The van der Waals surface area contributed by atoms with Crippen molar-refractivity contribution >= 4 is 11.6 Å². The molecule has 1 unspecified atom stereocenters. The first-order valence-corrected chi connectivity index (χ1v) is 6.94. The van der Waals surface area contributed by atoms with E-state index in [1.165, 1.54) is 0 Å². The van der Waals surface area contributed by atoms with Crippen molar-refractivity contribution in [2.45, 2.75) is 32.0 Å². The van der Waals surface area contributed by atoms with E-state index in [1.807, 2.05) is 6.92 Å². The number of hydrogen-bond acceptors (Lipinski definition) is 2. The molecule has 0 aliphatic carbocycles. The van der Waals surface area contributed by atoms with Crippen LogP contribution in [0.4, 0.5) is 13.2 Å².